The molecular formula is C21H18F2N2O3. The Morgan fingerprint density at radius 3 is 2.71 bits per heavy atom. The number of carbonyl (C=O) groups is 2. The van der Waals surface area contributed by atoms with E-state index in [0.29, 0.717) is 13.0 Å². The van der Waals surface area contributed by atoms with Crippen molar-refractivity contribution in [1.29, 1.82) is 0 Å². The number of fused-ring (bicyclic) bond motifs is 3. The van der Waals surface area contributed by atoms with Crippen molar-refractivity contribution in [3.8, 4) is 0 Å². The van der Waals surface area contributed by atoms with Crippen LogP contribution in [-0.2, 0) is 29.0 Å². The van der Waals surface area contributed by atoms with Gasteiger partial charge >= 0.3 is 5.97 Å². The van der Waals surface area contributed by atoms with Gasteiger partial charge < -0.3 is 14.2 Å². The zero-order valence-corrected chi connectivity index (χ0v) is 15.2. The second-order valence-electron chi connectivity index (χ2n) is 6.71. The summed E-state index contributed by atoms with van der Waals surface area (Å²) in [5.41, 5.74) is 2.45. The number of rotatable bonds is 3. The zero-order chi connectivity index (χ0) is 19.8. The van der Waals surface area contributed by atoms with Gasteiger partial charge in [0.25, 0.3) is 5.91 Å². The second-order valence-corrected chi connectivity index (χ2v) is 6.71. The van der Waals surface area contributed by atoms with E-state index in [9.17, 15) is 18.4 Å². The summed E-state index contributed by atoms with van der Waals surface area (Å²) in [6, 6.07) is 10.5. The zero-order valence-electron chi connectivity index (χ0n) is 15.2. The van der Waals surface area contributed by atoms with Crippen molar-refractivity contribution in [2.75, 3.05) is 13.7 Å². The Morgan fingerprint density at radius 1 is 1.14 bits per heavy atom. The molecule has 1 aliphatic heterocycles. The molecular weight excluding hydrogens is 366 g/mol. The molecule has 1 aromatic heterocycles. The van der Waals surface area contributed by atoms with Crippen LogP contribution in [0.2, 0.25) is 0 Å². The van der Waals surface area contributed by atoms with Crippen LogP contribution in [0.15, 0.2) is 42.5 Å². The van der Waals surface area contributed by atoms with Crippen LogP contribution in [-0.4, -0.2) is 35.0 Å². The molecule has 1 aliphatic rings. The molecule has 0 N–H and O–H groups in total. The maximum Gasteiger partial charge on any atom is 0.325 e. The number of hydrogen-bond donors (Lipinski definition) is 0. The first-order valence-electron chi connectivity index (χ1n) is 8.89. The second kappa shape index (κ2) is 7.07. The highest BCUT2D eigenvalue weighted by Gasteiger charge is 2.29. The number of ether oxygens (including phenoxy) is 1. The van der Waals surface area contributed by atoms with Crippen LogP contribution in [0.4, 0.5) is 8.78 Å². The van der Waals surface area contributed by atoms with Crippen molar-refractivity contribution in [3.05, 3.63) is 70.9 Å². The number of benzene rings is 2. The number of halogens is 2. The molecule has 0 spiro atoms. The molecule has 0 saturated heterocycles. The van der Waals surface area contributed by atoms with Crippen molar-refractivity contribution in [2.24, 2.45) is 0 Å². The molecule has 2 heterocycles. The van der Waals surface area contributed by atoms with Gasteiger partial charge in [-0.1, -0.05) is 18.2 Å². The molecule has 5 nitrogen and oxygen atoms in total. The molecule has 0 atom stereocenters. The van der Waals surface area contributed by atoms with Crippen LogP contribution < -0.4 is 0 Å². The molecule has 2 aromatic carbocycles. The number of methoxy groups -OCH3 is 1. The molecule has 3 aromatic rings. The number of hydrogen-bond acceptors (Lipinski definition) is 3. The predicted octanol–water partition coefficient (Wildman–Crippen LogP) is 3.29. The Morgan fingerprint density at radius 2 is 1.93 bits per heavy atom. The summed E-state index contributed by atoms with van der Waals surface area (Å²) >= 11 is 0. The van der Waals surface area contributed by atoms with E-state index < -0.39 is 23.5 Å². The van der Waals surface area contributed by atoms with E-state index in [1.54, 1.807) is 0 Å². The third-order valence-corrected chi connectivity index (χ3v) is 5.13. The third-order valence-electron chi connectivity index (χ3n) is 5.13. The Bertz CT molecular complexity index is 1090. The summed E-state index contributed by atoms with van der Waals surface area (Å²) in [6.45, 7) is 0.604. The van der Waals surface area contributed by atoms with Gasteiger partial charge in [-0.3, -0.25) is 9.59 Å². The van der Waals surface area contributed by atoms with Crippen molar-refractivity contribution in [3.63, 3.8) is 0 Å². The van der Waals surface area contributed by atoms with Crippen molar-refractivity contribution >= 4 is 22.8 Å². The van der Waals surface area contributed by atoms with E-state index in [0.717, 1.165) is 40.4 Å². The van der Waals surface area contributed by atoms with E-state index in [-0.39, 0.29) is 18.7 Å². The average Bonchev–Trinajstić information content (AvgIpc) is 3.02. The summed E-state index contributed by atoms with van der Waals surface area (Å²) in [6.07, 6.45) is 0.562. The summed E-state index contributed by atoms with van der Waals surface area (Å²) in [4.78, 5) is 26.2. The third kappa shape index (κ3) is 3.02. The normalized spacial score (nSPS) is 13.5. The summed E-state index contributed by atoms with van der Waals surface area (Å²) in [5, 5.41) is 1.02. The van der Waals surface area contributed by atoms with Crippen LogP contribution in [0.25, 0.3) is 10.9 Å². The number of aromatic nitrogens is 1. The molecule has 144 valence electrons. The number of amides is 1. The maximum atomic E-state index is 14.1. The van der Waals surface area contributed by atoms with Crippen LogP contribution in [0, 0.1) is 11.6 Å². The maximum absolute atomic E-state index is 14.1. The quantitative estimate of drug-likeness (QED) is 0.651. The topological polar surface area (TPSA) is 51.5 Å². The minimum absolute atomic E-state index is 0.0166. The molecule has 0 aliphatic carbocycles. The molecule has 0 saturated carbocycles. The number of esters is 1. The van der Waals surface area contributed by atoms with Crippen LogP contribution >= 0.6 is 0 Å². The predicted molar refractivity (Wildman–Crippen MR) is 98.8 cm³/mol. The highest BCUT2D eigenvalue weighted by Crippen LogP contribution is 2.31. The highest BCUT2D eigenvalue weighted by molar-refractivity contribution is 5.95. The van der Waals surface area contributed by atoms with Gasteiger partial charge in [-0.2, -0.15) is 0 Å². The molecule has 0 bridgehead atoms. The van der Waals surface area contributed by atoms with Crippen molar-refractivity contribution in [1.82, 2.24) is 9.47 Å². The fraction of sp³-hybridized carbons (Fsp3) is 0.238. The Balaban J connectivity index is 1.74. The minimum atomic E-state index is -0.757. The lowest BCUT2D eigenvalue weighted by molar-refractivity contribution is -0.141. The summed E-state index contributed by atoms with van der Waals surface area (Å²) in [7, 11) is 1.32. The minimum Gasteiger partial charge on any atom is -0.468 e. The number of nitrogens with zero attached hydrogens (tertiary/aromatic N) is 2. The van der Waals surface area contributed by atoms with E-state index in [1.165, 1.54) is 12.0 Å². The first-order valence-corrected chi connectivity index (χ1v) is 8.89. The summed E-state index contributed by atoms with van der Waals surface area (Å²) in [5.74, 6) is -2.39. The standard InChI is InChI=1S/C21H18F2N2O3/c1-28-20(26)12-25-18-5-3-2-4-14(18)15-8-9-24(11-19(15)25)21(27)16-10-13(22)6-7-17(16)23/h2-7,10H,8-9,11-12H2,1H3. The van der Waals surface area contributed by atoms with Crippen LogP contribution in [0.1, 0.15) is 21.6 Å². The van der Waals surface area contributed by atoms with E-state index in [2.05, 4.69) is 0 Å². The molecule has 0 fully saturated rings. The van der Waals surface area contributed by atoms with E-state index in [1.807, 2.05) is 28.8 Å². The van der Waals surface area contributed by atoms with Crippen LogP contribution in [0.3, 0.4) is 0 Å². The van der Waals surface area contributed by atoms with Gasteiger partial charge in [0.1, 0.15) is 18.2 Å². The largest absolute Gasteiger partial charge is 0.468 e. The lowest BCUT2D eigenvalue weighted by Crippen LogP contribution is -2.37. The number of carbonyl (C=O) groups excluding carboxylic acids is 2. The molecule has 7 heteroatoms. The van der Waals surface area contributed by atoms with Crippen molar-refractivity contribution in [2.45, 2.75) is 19.5 Å². The average molecular weight is 384 g/mol. The van der Waals surface area contributed by atoms with Gasteiger partial charge in [0, 0.05) is 23.1 Å². The Labute approximate surface area is 160 Å². The van der Waals surface area contributed by atoms with Crippen molar-refractivity contribution < 1.29 is 23.1 Å². The van der Waals surface area contributed by atoms with Gasteiger partial charge in [-0.25, -0.2) is 8.78 Å². The van der Waals surface area contributed by atoms with Gasteiger partial charge in [0.15, 0.2) is 0 Å². The van der Waals surface area contributed by atoms with E-state index in [4.69, 9.17) is 4.74 Å². The lowest BCUT2D eigenvalue weighted by Gasteiger charge is -2.28. The molecule has 28 heavy (non-hydrogen) atoms. The molecule has 0 unspecified atom stereocenters. The monoisotopic (exact) mass is 384 g/mol. The van der Waals surface area contributed by atoms with Crippen LogP contribution in [0.5, 0.6) is 0 Å². The molecule has 4 rings (SSSR count). The Kier molecular flexibility index (Phi) is 4.58. The molecule has 1 amide bonds. The fourth-order valence-corrected chi connectivity index (χ4v) is 3.77. The first-order chi connectivity index (χ1) is 13.5. The van der Waals surface area contributed by atoms with Gasteiger partial charge in [0.05, 0.1) is 19.2 Å². The highest BCUT2D eigenvalue weighted by atomic mass is 19.1. The smallest absolute Gasteiger partial charge is 0.325 e. The first kappa shape index (κ1) is 18.2. The Hall–Kier alpha value is -3.22. The SMILES string of the molecule is COC(=O)Cn1c2c(c3ccccc31)CCN(C(=O)c1cc(F)ccc1F)C2. The van der Waals surface area contributed by atoms with Gasteiger partial charge in [0.2, 0.25) is 0 Å². The molecule has 0 radical (unpaired) electrons. The number of para-hydroxylation sites is 1. The van der Waals surface area contributed by atoms with Gasteiger partial charge in [-0.15, -0.1) is 0 Å². The van der Waals surface area contributed by atoms with E-state index >= 15 is 0 Å². The van der Waals surface area contributed by atoms with Gasteiger partial charge in [-0.05, 0) is 36.2 Å². The fourth-order valence-electron chi connectivity index (χ4n) is 3.77. The summed E-state index contributed by atoms with van der Waals surface area (Å²) < 4.78 is 34.2. The lowest BCUT2D eigenvalue weighted by atomic mass is 10.0.